The van der Waals surface area contributed by atoms with Gasteiger partial charge in [-0.3, -0.25) is 5.50 Å². The lowest BCUT2D eigenvalue weighted by Crippen LogP contribution is -2.27. The highest BCUT2D eigenvalue weighted by atomic mass is 35.5. The van der Waals surface area contributed by atoms with E-state index in [2.05, 4.69) is 9.97 Å². The second kappa shape index (κ2) is 12.4. The highest BCUT2D eigenvalue weighted by molar-refractivity contribution is 7.47. The van der Waals surface area contributed by atoms with E-state index in [1.807, 2.05) is 4.67 Å². The first-order chi connectivity index (χ1) is 15.2. The fourth-order valence-electron chi connectivity index (χ4n) is 3.26. The van der Waals surface area contributed by atoms with Crippen molar-refractivity contribution in [1.29, 1.82) is 0 Å². The third-order valence-electron chi connectivity index (χ3n) is 4.64. The number of hydrogen-bond acceptors (Lipinski definition) is 9. The standard InChI is InChI=1S/C16H25Cl2N8O5P/c1-12(31-32(19)24(9-5-17)10-6-18)14-13(21-16(22(14)2)26(29)30)4-3-8-23-11-7-20-15(23)25(27)28/h7,11-12H,3-6,8-10,19H2,1-2H3. The number of imidazole rings is 2. The van der Waals surface area contributed by atoms with Gasteiger partial charge in [-0.2, -0.15) is 0 Å². The Balaban J connectivity index is 2.19. The van der Waals surface area contributed by atoms with Crippen LogP contribution in [-0.4, -0.2) is 58.5 Å². The van der Waals surface area contributed by atoms with E-state index in [1.165, 1.54) is 21.5 Å². The van der Waals surface area contributed by atoms with Crippen molar-refractivity contribution in [2.24, 2.45) is 12.6 Å². The fourth-order valence-corrected chi connectivity index (χ4v) is 5.05. The van der Waals surface area contributed by atoms with Gasteiger partial charge in [0.05, 0.1) is 13.6 Å². The smallest absolute Gasteiger partial charge is 0.390 e. The molecule has 2 unspecified atom stereocenters. The maximum absolute atomic E-state index is 11.4. The van der Waals surface area contributed by atoms with Crippen LogP contribution in [0.2, 0.25) is 0 Å². The summed E-state index contributed by atoms with van der Waals surface area (Å²) in [6.07, 6.45) is 3.06. The molecule has 178 valence electrons. The van der Waals surface area contributed by atoms with E-state index in [0.717, 1.165) is 0 Å². The summed E-state index contributed by atoms with van der Waals surface area (Å²) in [4.78, 5) is 29.2. The summed E-state index contributed by atoms with van der Waals surface area (Å²) < 4.78 is 10.6. The lowest BCUT2D eigenvalue weighted by atomic mass is 10.1. The van der Waals surface area contributed by atoms with Crippen molar-refractivity contribution in [2.75, 3.05) is 24.8 Å². The van der Waals surface area contributed by atoms with Gasteiger partial charge in [0.1, 0.15) is 24.2 Å². The number of halogens is 2. The highest BCUT2D eigenvalue weighted by Crippen LogP contribution is 2.40. The monoisotopic (exact) mass is 510 g/mol. The number of nitrogens with zero attached hydrogens (tertiary/aromatic N) is 7. The molecule has 2 heterocycles. The van der Waals surface area contributed by atoms with E-state index in [0.29, 0.717) is 55.6 Å². The first-order valence-electron chi connectivity index (χ1n) is 9.65. The molecule has 2 aromatic heterocycles. The molecule has 13 nitrogen and oxygen atoms in total. The average Bonchev–Trinajstić information content (AvgIpc) is 3.32. The summed E-state index contributed by atoms with van der Waals surface area (Å²) in [6.45, 7) is 3.03. The molecule has 2 atom stereocenters. The van der Waals surface area contributed by atoms with Gasteiger partial charge in [-0.15, -0.1) is 23.2 Å². The van der Waals surface area contributed by atoms with E-state index in [4.69, 9.17) is 33.2 Å². The average molecular weight is 511 g/mol. The van der Waals surface area contributed by atoms with Crippen molar-refractivity contribution in [3.05, 3.63) is 44.0 Å². The van der Waals surface area contributed by atoms with Gasteiger partial charge in [0, 0.05) is 31.3 Å². The molecule has 2 N–H and O–H groups in total. The van der Waals surface area contributed by atoms with Gasteiger partial charge < -0.3 is 24.8 Å². The molecule has 0 bridgehead atoms. The van der Waals surface area contributed by atoms with Crippen LogP contribution in [0.5, 0.6) is 0 Å². The summed E-state index contributed by atoms with van der Waals surface area (Å²) in [5.41, 5.74) is 7.21. The maximum Gasteiger partial charge on any atom is 0.434 e. The van der Waals surface area contributed by atoms with Crippen LogP contribution in [0.15, 0.2) is 12.4 Å². The van der Waals surface area contributed by atoms with E-state index >= 15 is 0 Å². The van der Waals surface area contributed by atoms with Gasteiger partial charge in [0.15, 0.2) is 14.1 Å². The second-order valence-corrected chi connectivity index (χ2v) is 8.86. The Morgan fingerprint density at radius 2 is 1.88 bits per heavy atom. The van der Waals surface area contributed by atoms with Crippen LogP contribution in [-0.2, 0) is 24.5 Å². The van der Waals surface area contributed by atoms with Gasteiger partial charge in [-0.25, -0.2) is 13.8 Å². The van der Waals surface area contributed by atoms with Crippen molar-refractivity contribution in [1.82, 2.24) is 23.8 Å². The topological polar surface area (TPSA) is 160 Å². The van der Waals surface area contributed by atoms with Gasteiger partial charge in [-0.1, -0.05) is 9.97 Å². The van der Waals surface area contributed by atoms with Crippen LogP contribution in [0.4, 0.5) is 11.9 Å². The van der Waals surface area contributed by atoms with Crippen molar-refractivity contribution in [3.63, 3.8) is 0 Å². The molecule has 0 saturated heterocycles. The summed E-state index contributed by atoms with van der Waals surface area (Å²) >= 11 is 11.7. The first kappa shape index (κ1) is 26.4. The van der Waals surface area contributed by atoms with Crippen molar-refractivity contribution < 1.29 is 14.4 Å². The van der Waals surface area contributed by atoms with Crippen LogP contribution in [0.1, 0.15) is 30.8 Å². The van der Waals surface area contributed by atoms with Gasteiger partial charge in [0.2, 0.25) is 0 Å². The summed E-state index contributed by atoms with van der Waals surface area (Å²) in [5, 5.41) is 22.4. The number of hydrogen-bond donors (Lipinski definition) is 1. The van der Waals surface area contributed by atoms with Gasteiger partial charge in [-0.05, 0) is 23.2 Å². The maximum atomic E-state index is 11.4. The zero-order valence-corrected chi connectivity index (χ0v) is 20.0. The number of rotatable bonds is 14. The molecule has 0 aliphatic carbocycles. The molecule has 0 aliphatic heterocycles. The van der Waals surface area contributed by atoms with Crippen molar-refractivity contribution in [3.8, 4) is 0 Å². The Morgan fingerprint density at radius 1 is 1.25 bits per heavy atom. The minimum atomic E-state index is -1.54. The predicted octanol–water partition coefficient (Wildman–Crippen LogP) is 3.11. The van der Waals surface area contributed by atoms with E-state index < -0.39 is 24.4 Å². The molecule has 0 spiro atoms. The molecule has 0 saturated carbocycles. The number of nitrogens with two attached hydrogens (primary N) is 1. The third kappa shape index (κ3) is 6.56. The number of nitro groups is 2. The zero-order valence-electron chi connectivity index (χ0n) is 17.6. The minimum absolute atomic E-state index is 0.263. The van der Waals surface area contributed by atoms with Crippen LogP contribution in [0.25, 0.3) is 0 Å². The molecule has 2 aromatic rings. The third-order valence-corrected chi connectivity index (χ3v) is 6.47. The summed E-state index contributed by atoms with van der Waals surface area (Å²) in [7, 11) is 0.00253. The van der Waals surface area contributed by atoms with E-state index in [1.54, 1.807) is 14.0 Å². The number of aromatic nitrogens is 4. The van der Waals surface area contributed by atoms with Crippen LogP contribution in [0.3, 0.4) is 0 Å². The van der Waals surface area contributed by atoms with Crippen LogP contribution in [0, 0.1) is 20.2 Å². The van der Waals surface area contributed by atoms with Gasteiger partial charge in [0.25, 0.3) is 0 Å². The van der Waals surface area contributed by atoms with Gasteiger partial charge >= 0.3 is 11.9 Å². The fraction of sp³-hybridized carbons (Fsp3) is 0.625. The molecule has 0 fully saturated rings. The van der Waals surface area contributed by atoms with E-state index in [9.17, 15) is 20.2 Å². The molecule has 0 aliphatic rings. The molecule has 0 amide bonds. The number of alkyl halides is 2. The predicted molar refractivity (Wildman–Crippen MR) is 121 cm³/mol. The lowest BCUT2D eigenvalue weighted by molar-refractivity contribution is -0.396. The van der Waals surface area contributed by atoms with Crippen molar-refractivity contribution >= 4 is 43.5 Å². The SMILES string of the molecule is CC(OP(N)N(CCCl)CCCl)c1c(CCCn2ccnc2[N+](=O)[O-])nc([N+](=O)[O-])n1C. The normalized spacial score (nSPS) is 13.4. The molecular weight excluding hydrogens is 486 g/mol. The Morgan fingerprint density at radius 3 is 2.44 bits per heavy atom. The van der Waals surface area contributed by atoms with Crippen molar-refractivity contribution in [2.45, 2.75) is 32.4 Å². The van der Waals surface area contributed by atoms with Crippen LogP contribution < -0.4 is 5.50 Å². The highest BCUT2D eigenvalue weighted by Gasteiger charge is 2.31. The quantitative estimate of drug-likeness (QED) is 0.174. The van der Waals surface area contributed by atoms with Crippen LogP contribution >= 0.6 is 31.7 Å². The Bertz CT molecular complexity index is 920. The molecular formula is C16H25Cl2N8O5P. The Kier molecular flexibility index (Phi) is 10.2. The molecule has 0 radical (unpaired) electrons. The summed E-state index contributed by atoms with van der Waals surface area (Å²) in [5.74, 6) is 0.126. The first-order valence-corrected chi connectivity index (χ1v) is 12.0. The van der Waals surface area contributed by atoms with E-state index in [-0.39, 0.29) is 11.9 Å². The Hall–Kier alpha value is -1.89. The second-order valence-electron chi connectivity index (χ2n) is 6.72. The Labute approximate surface area is 195 Å². The minimum Gasteiger partial charge on any atom is -0.390 e. The molecule has 2 rings (SSSR count). The lowest BCUT2D eigenvalue weighted by Gasteiger charge is -2.28. The largest absolute Gasteiger partial charge is 0.434 e. The molecule has 32 heavy (non-hydrogen) atoms. The molecule has 16 heteroatoms. The molecule has 0 aromatic carbocycles. The zero-order chi connectivity index (χ0) is 23.8. The summed E-state index contributed by atoms with van der Waals surface area (Å²) in [6, 6.07) is 0. The number of aryl methyl sites for hydroxylation is 2.